The molecular formula is C28H32N4O7S. The standard InChI is InChI=1S/C28H32N4O7S/c1-16-21-24(33)32(28(9-10-28)26(29)34)27(35)31(25(21)40-22(16)23-30-11-14-38-23)15-20(39-17-7-12-37-13-8-17)18-5-3-4-6-19(18)36-2/h3-6,11,14,17,20-21,25H,7-10,12-13,15H2,1-2H3,(H2,29,34). The molecule has 212 valence electrons. The lowest BCUT2D eigenvalue weighted by molar-refractivity contribution is -0.144. The van der Waals surface area contributed by atoms with Crippen molar-refractivity contribution in [2.45, 2.75) is 55.7 Å². The van der Waals surface area contributed by atoms with Crippen molar-refractivity contribution in [3.8, 4) is 5.75 Å². The van der Waals surface area contributed by atoms with Crippen LogP contribution < -0.4 is 10.5 Å². The monoisotopic (exact) mass is 568 g/mol. The lowest BCUT2D eigenvalue weighted by Gasteiger charge is -2.45. The maximum Gasteiger partial charge on any atom is 0.328 e. The number of urea groups is 1. The van der Waals surface area contributed by atoms with Gasteiger partial charge in [-0.25, -0.2) is 14.7 Å². The number of imide groups is 1. The normalized spacial score (nSPS) is 25.2. The largest absolute Gasteiger partial charge is 0.496 e. The van der Waals surface area contributed by atoms with E-state index in [-0.39, 0.29) is 12.6 Å². The summed E-state index contributed by atoms with van der Waals surface area (Å²) in [5, 5.41) is -0.572. The average molecular weight is 569 g/mol. The predicted molar refractivity (Wildman–Crippen MR) is 145 cm³/mol. The first-order valence-electron chi connectivity index (χ1n) is 13.4. The van der Waals surface area contributed by atoms with Crippen molar-refractivity contribution in [1.82, 2.24) is 14.8 Å². The third-order valence-corrected chi connectivity index (χ3v) is 9.69. The van der Waals surface area contributed by atoms with Crippen molar-refractivity contribution in [1.29, 1.82) is 0 Å². The number of benzene rings is 1. The Kier molecular flexibility index (Phi) is 7.09. The number of amides is 4. The number of carbonyl (C=O) groups is 3. The maximum atomic E-state index is 14.2. The number of thioether (sulfide) groups is 1. The molecule has 6 rings (SSSR count). The van der Waals surface area contributed by atoms with Gasteiger partial charge in [0.15, 0.2) is 0 Å². The van der Waals surface area contributed by atoms with Crippen LogP contribution in [0.4, 0.5) is 4.79 Å². The van der Waals surface area contributed by atoms with E-state index in [0.717, 1.165) is 28.9 Å². The summed E-state index contributed by atoms with van der Waals surface area (Å²) in [5.41, 5.74) is 5.99. The van der Waals surface area contributed by atoms with Crippen LogP contribution in [-0.4, -0.2) is 76.5 Å². The number of ether oxygens (including phenoxy) is 3. The van der Waals surface area contributed by atoms with Gasteiger partial charge in [0.1, 0.15) is 23.7 Å². The Morgan fingerprint density at radius 1 is 1.25 bits per heavy atom. The number of primary amides is 1. The van der Waals surface area contributed by atoms with Gasteiger partial charge >= 0.3 is 6.03 Å². The van der Waals surface area contributed by atoms with Crippen molar-refractivity contribution < 1.29 is 33.0 Å². The number of para-hydroxylation sites is 1. The first kappa shape index (κ1) is 26.9. The summed E-state index contributed by atoms with van der Waals surface area (Å²) in [5.74, 6) is -0.763. The summed E-state index contributed by atoms with van der Waals surface area (Å²) in [6.07, 6.45) is 4.53. The zero-order chi connectivity index (χ0) is 28.0. The smallest absolute Gasteiger partial charge is 0.328 e. The third kappa shape index (κ3) is 4.47. The highest BCUT2D eigenvalue weighted by Crippen LogP contribution is 2.54. The van der Waals surface area contributed by atoms with Gasteiger partial charge < -0.3 is 29.3 Å². The van der Waals surface area contributed by atoms with Gasteiger partial charge in [-0.3, -0.25) is 9.59 Å². The first-order chi connectivity index (χ1) is 19.4. The molecule has 0 radical (unpaired) electrons. The van der Waals surface area contributed by atoms with Gasteiger partial charge in [0.2, 0.25) is 17.7 Å². The maximum absolute atomic E-state index is 14.2. The van der Waals surface area contributed by atoms with Crippen LogP contribution in [0.5, 0.6) is 5.75 Å². The Morgan fingerprint density at radius 2 is 2.00 bits per heavy atom. The summed E-state index contributed by atoms with van der Waals surface area (Å²) in [6.45, 7) is 3.17. The molecule has 12 heteroatoms. The second kappa shape index (κ2) is 10.6. The van der Waals surface area contributed by atoms with Crippen LogP contribution in [0.2, 0.25) is 0 Å². The minimum Gasteiger partial charge on any atom is -0.496 e. The van der Waals surface area contributed by atoms with Crippen molar-refractivity contribution in [3.05, 3.63) is 53.8 Å². The molecule has 1 aromatic heterocycles. The number of carbonyl (C=O) groups excluding carboxylic acids is 3. The summed E-state index contributed by atoms with van der Waals surface area (Å²) >= 11 is 1.37. The summed E-state index contributed by atoms with van der Waals surface area (Å²) in [4.78, 5) is 48.5. The van der Waals surface area contributed by atoms with Gasteiger partial charge in [0.25, 0.3) is 0 Å². The molecule has 40 heavy (non-hydrogen) atoms. The SMILES string of the molecule is COc1ccccc1C(CN1C(=O)N(C2(C(N)=O)CC2)C(=O)C2C(C)=C(c3ncco3)SC21)OC1CCOCC1. The van der Waals surface area contributed by atoms with Crippen LogP contribution in [0, 0.1) is 5.92 Å². The molecular weight excluding hydrogens is 536 g/mol. The van der Waals surface area contributed by atoms with Gasteiger partial charge in [-0.05, 0) is 44.2 Å². The fraction of sp³-hybridized carbons (Fsp3) is 0.500. The number of oxazole rings is 1. The van der Waals surface area contributed by atoms with E-state index in [1.54, 1.807) is 18.2 Å². The van der Waals surface area contributed by atoms with E-state index in [0.29, 0.717) is 42.6 Å². The van der Waals surface area contributed by atoms with Crippen molar-refractivity contribution in [2.75, 3.05) is 26.9 Å². The summed E-state index contributed by atoms with van der Waals surface area (Å²) < 4.78 is 23.4. The van der Waals surface area contributed by atoms with Crippen molar-refractivity contribution in [3.63, 3.8) is 0 Å². The highest BCUT2D eigenvalue weighted by molar-refractivity contribution is 8.09. The number of methoxy groups -OCH3 is 1. The fourth-order valence-corrected chi connectivity index (χ4v) is 7.37. The molecule has 1 aromatic carbocycles. The average Bonchev–Trinajstić information content (AvgIpc) is 3.42. The molecule has 3 aliphatic heterocycles. The molecule has 4 heterocycles. The molecule has 11 nitrogen and oxygen atoms in total. The van der Waals surface area contributed by atoms with Crippen molar-refractivity contribution >= 4 is 34.5 Å². The zero-order valence-corrected chi connectivity index (χ0v) is 23.2. The zero-order valence-electron chi connectivity index (χ0n) is 22.4. The topological polar surface area (TPSA) is 137 Å². The number of hydrogen-bond donors (Lipinski definition) is 1. The van der Waals surface area contributed by atoms with E-state index in [2.05, 4.69) is 4.98 Å². The van der Waals surface area contributed by atoms with E-state index < -0.39 is 40.8 Å². The molecule has 3 unspecified atom stereocenters. The third-order valence-electron chi connectivity index (χ3n) is 8.19. The number of hydrogen-bond acceptors (Lipinski definition) is 9. The molecule has 2 N–H and O–H groups in total. The predicted octanol–water partition coefficient (Wildman–Crippen LogP) is 3.32. The van der Waals surface area contributed by atoms with E-state index in [4.69, 9.17) is 24.4 Å². The highest BCUT2D eigenvalue weighted by atomic mass is 32.2. The number of aromatic nitrogens is 1. The Hall–Kier alpha value is -3.35. The van der Waals surface area contributed by atoms with E-state index in [1.807, 2.05) is 31.2 Å². The molecule has 2 aromatic rings. The first-order valence-corrected chi connectivity index (χ1v) is 14.3. The second-order valence-corrected chi connectivity index (χ2v) is 11.6. The molecule has 0 spiro atoms. The molecule has 2 saturated heterocycles. The van der Waals surface area contributed by atoms with Gasteiger partial charge in [0.05, 0.1) is 42.2 Å². The minimum atomic E-state index is -1.31. The van der Waals surface area contributed by atoms with Gasteiger partial charge in [0, 0.05) is 18.8 Å². The molecule has 3 fully saturated rings. The second-order valence-electron chi connectivity index (χ2n) is 10.5. The molecule has 4 aliphatic rings. The van der Waals surface area contributed by atoms with Crippen LogP contribution in [0.3, 0.4) is 0 Å². The number of rotatable bonds is 9. The van der Waals surface area contributed by atoms with Crippen molar-refractivity contribution in [2.24, 2.45) is 11.7 Å². The van der Waals surface area contributed by atoms with E-state index >= 15 is 0 Å². The van der Waals surface area contributed by atoms with Gasteiger partial charge in [-0.15, -0.1) is 0 Å². The van der Waals surface area contributed by atoms with Gasteiger partial charge in [-0.2, -0.15) is 0 Å². The Bertz CT molecular complexity index is 1340. The lowest BCUT2D eigenvalue weighted by Crippen LogP contribution is -2.66. The highest BCUT2D eigenvalue weighted by Gasteiger charge is 2.64. The molecule has 3 atom stereocenters. The molecule has 4 amide bonds. The Morgan fingerprint density at radius 3 is 2.65 bits per heavy atom. The number of nitrogens with zero attached hydrogens (tertiary/aromatic N) is 3. The van der Waals surface area contributed by atoms with Crippen LogP contribution in [-0.2, 0) is 19.1 Å². The quantitative estimate of drug-likeness (QED) is 0.483. The van der Waals surface area contributed by atoms with Crippen LogP contribution in [0.1, 0.15) is 50.2 Å². The van der Waals surface area contributed by atoms with Crippen LogP contribution >= 0.6 is 11.8 Å². The van der Waals surface area contributed by atoms with Crippen LogP contribution in [0.15, 0.2) is 46.7 Å². The summed E-state index contributed by atoms with van der Waals surface area (Å²) in [6, 6.07) is 7.01. The van der Waals surface area contributed by atoms with Crippen LogP contribution in [0.25, 0.3) is 4.91 Å². The van der Waals surface area contributed by atoms with E-state index in [9.17, 15) is 14.4 Å². The Balaban J connectivity index is 1.40. The Labute approximate surface area is 236 Å². The molecule has 1 saturated carbocycles. The number of nitrogens with two attached hydrogens (primary N) is 1. The molecule has 0 bridgehead atoms. The van der Waals surface area contributed by atoms with Gasteiger partial charge in [-0.1, -0.05) is 30.0 Å². The number of fused-ring (bicyclic) bond motifs is 1. The summed E-state index contributed by atoms with van der Waals surface area (Å²) in [7, 11) is 1.60. The molecule has 1 aliphatic carbocycles. The fourth-order valence-electron chi connectivity index (χ4n) is 5.86. The lowest BCUT2D eigenvalue weighted by atomic mass is 9.93. The van der Waals surface area contributed by atoms with E-state index in [1.165, 1.54) is 18.0 Å². The minimum absolute atomic E-state index is 0.0727.